The Morgan fingerprint density at radius 1 is 1.56 bits per heavy atom. The number of halogens is 1. The summed E-state index contributed by atoms with van der Waals surface area (Å²) in [6.45, 7) is 0. The van der Waals surface area contributed by atoms with Gasteiger partial charge in [-0.1, -0.05) is 29.6 Å². The minimum absolute atomic E-state index is 0.0186. The van der Waals surface area contributed by atoms with E-state index in [4.69, 9.17) is 22.5 Å². The van der Waals surface area contributed by atoms with Crippen molar-refractivity contribution in [2.45, 2.75) is 30.7 Å². The van der Waals surface area contributed by atoms with Crippen molar-refractivity contribution >= 4 is 29.2 Å². The molecule has 0 aromatic carbocycles. The van der Waals surface area contributed by atoms with Crippen LogP contribution >= 0.6 is 23.4 Å². The van der Waals surface area contributed by atoms with E-state index in [0.717, 1.165) is 16.7 Å². The van der Waals surface area contributed by atoms with Crippen LogP contribution in [0.3, 0.4) is 0 Å². The third-order valence-electron chi connectivity index (χ3n) is 3.17. The average Bonchev–Trinajstić information content (AvgIpc) is 2.90. The van der Waals surface area contributed by atoms with E-state index in [0.29, 0.717) is 10.6 Å². The first-order valence-corrected chi connectivity index (χ1v) is 7.34. The molecule has 1 aromatic heterocycles. The highest BCUT2D eigenvalue weighted by Crippen LogP contribution is 2.33. The Bertz CT molecular complexity index is 447. The molecule has 1 fully saturated rings. The quantitative estimate of drug-likeness (QED) is 0.293. The molecule has 18 heavy (non-hydrogen) atoms. The van der Waals surface area contributed by atoms with E-state index in [1.807, 2.05) is 0 Å². The molecular weight excluding hydrogens is 270 g/mol. The molecule has 4 nitrogen and oxygen atoms in total. The van der Waals surface area contributed by atoms with Gasteiger partial charge in [-0.05, 0) is 24.8 Å². The lowest BCUT2D eigenvalue weighted by Crippen LogP contribution is -2.14. The van der Waals surface area contributed by atoms with Crippen LogP contribution in [-0.4, -0.2) is 21.8 Å². The fourth-order valence-corrected chi connectivity index (χ4v) is 3.62. The highest BCUT2D eigenvalue weighted by atomic mass is 35.5. The summed E-state index contributed by atoms with van der Waals surface area (Å²) in [5, 5.41) is 12.9. The van der Waals surface area contributed by atoms with Crippen molar-refractivity contribution in [2.24, 2.45) is 16.8 Å². The van der Waals surface area contributed by atoms with Crippen molar-refractivity contribution in [1.29, 1.82) is 0 Å². The van der Waals surface area contributed by atoms with Gasteiger partial charge in [-0.15, -0.1) is 11.8 Å². The molecule has 1 aromatic rings. The predicted octanol–water partition coefficient (Wildman–Crippen LogP) is 3.11. The third-order valence-corrected chi connectivity index (χ3v) is 4.89. The number of amidine groups is 1. The molecule has 0 aliphatic heterocycles. The molecule has 3 N–H and O–H groups in total. The number of hydrogen-bond acceptors (Lipinski definition) is 4. The Morgan fingerprint density at radius 3 is 2.94 bits per heavy atom. The monoisotopic (exact) mass is 285 g/mol. The smallest absolute Gasteiger partial charge is 0.171 e. The molecule has 2 rings (SSSR count). The Morgan fingerprint density at radius 2 is 2.28 bits per heavy atom. The van der Waals surface area contributed by atoms with Gasteiger partial charge in [0.1, 0.15) is 5.03 Å². The lowest BCUT2D eigenvalue weighted by molar-refractivity contribution is 0.318. The summed E-state index contributed by atoms with van der Waals surface area (Å²) in [7, 11) is 0. The molecule has 1 saturated carbocycles. The van der Waals surface area contributed by atoms with Gasteiger partial charge in [0.05, 0.1) is 5.02 Å². The largest absolute Gasteiger partial charge is 0.409 e. The van der Waals surface area contributed by atoms with E-state index < -0.39 is 0 Å². The van der Waals surface area contributed by atoms with Gasteiger partial charge < -0.3 is 10.9 Å². The zero-order valence-corrected chi connectivity index (χ0v) is 11.5. The molecule has 0 radical (unpaired) electrons. The molecular formula is C12H16ClN3OS. The number of hydrogen-bond donors (Lipinski definition) is 2. The molecule has 6 heteroatoms. The molecule has 1 heterocycles. The molecule has 1 aliphatic rings. The topological polar surface area (TPSA) is 71.5 Å². The summed E-state index contributed by atoms with van der Waals surface area (Å²) in [6.07, 6.45) is 6.89. The molecule has 0 bridgehead atoms. The van der Waals surface area contributed by atoms with Crippen molar-refractivity contribution in [2.75, 3.05) is 5.75 Å². The number of aromatic nitrogens is 1. The van der Waals surface area contributed by atoms with E-state index in [-0.39, 0.29) is 5.84 Å². The minimum Gasteiger partial charge on any atom is -0.409 e. The van der Waals surface area contributed by atoms with Gasteiger partial charge in [0.15, 0.2) is 5.84 Å². The second kappa shape index (κ2) is 6.29. The number of oxime groups is 1. The second-order valence-electron chi connectivity index (χ2n) is 4.42. The lowest BCUT2D eigenvalue weighted by Gasteiger charge is -2.10. The Kier molecular flexibility index (Phi) is 4.72. The van der Waals surface area contributed by atoms with Crippen LogP contribution in [0.4, 0.5) is 0 Å². The van der Waals surface area contributed by atoms with E-state index in [9.17, 15) is 0 Å². The highest BCUT2D eigenvalue weighted by Gasteiger charge is 2.17. The van der Waals surface area contributed by atoms with Gasteiger partial charge in [0.2, 0.25) is 0 Å². The number of thioether (sulfide) groups is 1. The molecule has 0 saturated heterocycles. The van der Waals surface area contributed by atoms with Gasteiger partial charge >= 0.3 is 0 Å². The van der Waals surface area contributed by atoms with Crippen LogP contribution in [0.25, 0.3) is 0 Å². The van der Waals surface area contributed by atoms with Gasteiger partial charge in [-0.3, -0.25) is 0 Å². The maximum atomic E-state index is 8.68. The van der Waals surface area contributed by atoms with Crippen molar-refractivity contribution < 1.29 is 5.21 Å². The van der Waals surface area contributed by atoms with Crippen molar-refractivity contribution in [1.82, 2.24) is 4.98 Å². The fraction of sp³-hybridized carbons (Fsp3) is 0.500. The maximum Gasteiger partial charge on any atom is 0.171 e. The molecule has 1 aliphatic carbocycles. The Hall–Kier alpha value is -0.940. The van der Waals surface area contributed by atoms with Crippen LogP contribution in [0.2, 0.25) is 5.02 Å². The van der Waals surface area contributed by atoms with Gasteiger partial charge in [0.25, 0.3) is 0 Å². The predicted molar refractivity (Wildman–Crippen MR) is 74.4 cm³/mol. The summed E-state index contributed by atoms with van der Waals surface area (Å²) in [5.41, 5.74) is 6.09. The van der Waals surface area contributed by atoms with E-state index in [2.05, 4.69) is 10.1 Å². The number of nitrogens with two attached hydrogens (primary N) is 1. The van der Waals surface area contributed by atoms with Gasteiger partial charge in [-0.25, -0.2) is 4.98 Å². The first kappa shape index (κ1) is 13.5. The summed E-state index contributed by atoms with van der Waals surface area (Å²) >= 11 is 7.86. The third kappa shape index (κ3) is 3.09. The van der Waals surface area contributed by atoms with Crippen molar-refractivity contribution in [3.05, 3.63) is 22.8 Å². The van der Waals surface area contributed by atoms with Crippen LogP contribution in [0, 0.1) is 5.92 Å². The van der Waals surface area contributed by atoms with Gasteiger partial charge in [-0.2, -0.15) is 0 Å². The second-order valence-corrected chi connectivity index (χ2v) is 5.81. The summed E-state index contributed by atoms with van der Waals surface area (Å²) in [4.78, 5) is 4.26. The molecule has 0 unspecified atom stereocenters. The van der Waals surface area contributed by atoms with Crippen LogP contribution in [0.1, 0.15) is 31.2 Å². The number of nitrogens with zero attached hydrogens (tertiary/aromatic N) is 2. The first-order valence-electron chi connectivity index (χ1n) is 5.97. The molecule has 0 amide bonds. The summed E-state index contributed by atoms with van der Waals surface area (Å²) in [5.74, 6) is 1.82. The normalized spacial score (nSPS) is 17.3. The van der Waals surface area contributed by atoms with Crippen molar-refractivity contribution in [3.8, 4) is 0 Å². The fourth-order valence-electron chi connectivity index (χ4n) is 2.15. The SMILES string of the molecule is N/C(=N/O)c1ccnc(SCC2CCCC2)c1Cl. The van der Waals surface area contributed by atoms with E-state index in [1.54, 1.807) is 24.0 Å². The summed E-state index contributed by atoms with van der Waals surface area (Å²) in [6, 6.07) is 1.65. The lowest BCUT2D eigenvalue weighted by atomic mass is 10.1. The van der Waals surface area contributed by atoms with Gasteiger partial charge in [0, 0.05) is 17.5 Å². The maximum absolute atomic E-state index is 8.68. The summed E-state index contributed by atoms with van der Waals surface area (Å²) < 4.78 is 0. The van der Waals surface area contributed by atoms with Crippen LogP contribution in [0.15, 0.2) is 22.4 Å². The number of rotatable bonds is 4. The van der Waals surface area contributed by atoms with Crippen LogP contribution < -0.4 is 5.73 Å². The molecule has 98 valence electrons. The van der Waals surface area contributed by atoms with E-state index >= 15 is 0 Å². The molecule has 0 spiro atoms. The van der Waals surface area contributed by atoms with Crippen molar-refractivity contribution in [3.63, 3.8) is 0 Å². The standard InChI is InChI=1S/C12H16ClN3OS/c13-10-9(11(14)16-17)5-6-15-12(10)18-7-8-3-1-2-4-8/h5-6,8,17H,1-4,7H2,(H2,14,16). The zero-order valence-electron chi connectivity index (χ0n) is 9.97. The Balaban J connectivity index is 2.08. The molecule has 0 atom stereocenters. The first-order chi connectivity index (χ1) is 8.72. The van der Waals surface area contributed by atoms with Crippen LogP contribution in [0.5, 0.6) is 0 Å². The average molecular weight is 286 g/mol. The minimum atomic E-state index is 0.0186. The van der Waals surface area contributed by atoms with Crippen LogP contribution in [-0.2, 0) is 0 Å². The highest BCUT2D eigenvalue weighted by molar-refractivity contribution is 7.99. The van der Waals surface area contributed by atoms with E-state index in [1.165, 1.54) is 25.7 Å². The number of pyridine rings is 1. The zero-order chi connectivity index (χ0) is 13.0. The Labute approximate surface area is 116 Å².